The van der Waals surface area contributed by atoms with Crippen molar-refractivity contribution in [3.63, 3.8) is 0 Å². The molecule has 0 bridgehead atoms. The van der Waals surface area contributed by atoms with Crippen LogP contribution in [0, 0.1) is 5.82 Å². The highest BCUT2D eigenvalue weighted by atomic mass is 19.1. The maximum absolute atomic E-state index is 14.5. The maximum Gasteiger partial charge on any atom is 0.227 e. The van der Waals surface area contributed by atoms with Crippen LogP contribution in [0.4, 0.5) is 33.1 Å². The molecule has 0 unspecified atom stereocenters. The number of nitrogens with one attached hydrogen (secondary N) is 2. The van der Waals surface area contributed by atoms with Crippen molar-refractivity contribution in [2.24, 2.45) is 4.99 Å². The van der Waals surface area contributed by atoms with Crippen molar-refractivity contribution >= 4 is 34.9 Å². The summed E-state index contributed by atoms with van der Waals surface area (Å²) in [5, 5.41) is 6.54. The summed E-state index contributed by atoms with van der Waals surface area (Å²) in [5.74, 6) is 0.366. The van der Waals surface area contributed by atoms with Crippen molar-refractivity contribution in [2.45, 2.75) is 0 Å². The molecule has 0 aliphatic rings. The number of likely N-dealkylation sites (N-methyl/N-ethyl adjacent to an activating group) is 2. The number of allylic oxidation sites excluding steroid dienone is 1. The minimum atomic E-state index is -0.542. The lowest BCUT2D eigenvalue weighted by Gasteiger charge is -2.26. The first-order valence-electron chi connectivity index (χ1n) is 11.9. The molecule has 0 aliphatic carbocycles. The number of hydrogen-bond donors (Lipinski definition) is 3. The Morgan fingerprint density at radius 1 is 1.18 bits per heavy atom. The molecule has 0 saturated carbocycles. The third-order valence-electron chi connectivity index (χ3n) is 5.78. The quantitative estimate of drug-likeness (QED) is 0.179. The number of halogens is 1. The number of aromatic nitrogens is 2. The lowest BCUT2D eigenvalue weighted by molar-refractivity contribution is 0.413. The number of nitrogens with two attached hydrogens (primary N) is 1. The Kier molecular flexibility index (Phi) is 9.39. The lowest BCUT2D eigenvalue weighted by atomic mass is 10.1. The average molecular weight is 519 g/mol. The highest BCUT2D eigenvalue weighted by molar-refractivity contribution is 5.89. The fourth-order valence-electron chi connectivity index (χ4n) is 3.68. The first-order valence-corrected chi connectivity index (χ1v) is 11.9. The summed E-state index contributed by atoms with van der Waals surface area (Å²) in [6, 6.07) is 8.62. The molecule has 0 radical (unpaired) electrons. The van der Waals surface area contributed by atoms with E-state index in [2.05, 4.69) is 48.6 Å². The number of hydrogen-bond acceptors (Lipinski definition) is 9. The van der Waals surface area contributed by atoms with Crippen LogP contribution in [-0.2, 0) is 0 Å². The molecule has 0 saturated heterocycles. The van der Waals surface area contributed by atoms with E-state index in [1.807, 2.05) is 33.3 Å². The monoisotopic (exact) mass is 518 g/mol. The molecule has 200 valence electrons. The molecule has 9 nitrogen and oxygen atoms in total. The Balaban J connectivity index is 2.01. The highest BCUT2D eigenvalue weighted by Gasteiger charge is 2.16. The Morgan fingerprint density at radius 2 is 1.95 bits per heavy atom. The molecule has 0 spiro atoms. The van der Waals surface area contributed by atoms with Crippen LogP contribution in [0.15, 0.2) is 66.5 Å². The van der Waals surface area contributed by atoms with E-state index >= 15 is 0 Å². The number of benzene rings is 2. The molecule has 0 fully saturated rings. The first-order chi connectivity index (χ1) is 18.2. The van der Waals surface area contributed by atoms with Gasteiger partial charge in [-0.2, -0.15) is 0 Å². The minimum absolute atomic E-state index is 0.0354. The van der Waals surface area contributed by atoms with E-state index in [9.17, 15) is 4.39 Å². The molecule has 0 amide bonds. The van der Waals surface area contributed by atoms with E-state index in [1.165, 1.54) is 12.3 Å². The van der Waals surface area contributed by atoms with Gasteiger partial charge in [0, 0.05) is 62.5 Å². The van der Waals surface area contributed by atoms with E-state index in [4.69, 9.17) is 10.5 Å². The van der Waals surface area contributed by atoms with Crippen LogP contribution in [0.25, 0.3) is 11.3 Å². The Bertz CT molecular complexity index is 1340. The van der Waals surface area contributed by atoms with Gasteiger partial charge in [0.15, 0.2) is 0 Å². The van der Waals surface area contributed by atoms with E-state index in [-0.39, 0.29) is 5.69 Å². The van der Waals surface area contributed by atoms with Gasteiger partial charge in [-0.3, -0.25) is 4.99 Å². The van der Waals surface area contributed by atoms with Crippen molar-refractivity contribution in [3.8, 4) is 17.0 Å². The maximum atomic E-state index is 14.5. The van der Waals surface area contributed by atoms with Gasteiger partial charge in [0.1, 0.15) is 11.6 Å². The third-order valence-corrected chi connectivity index (χ3v) is 5.78. The lowest BCUT2D eigenvalue weighted by Crippen LogP contribution is -2.29. The summed E-state index contributed by atoms with van der Waals surface area (Å²) >= 11 is 0. The van der Waals surface area contributed by atoms with Crippen LogP contribution in [-0.4, -0.2) is 69.5 Å². The molecule has 10 heteroatoms. The average Bonchev–Trinajstić information content (AvgIpc) is 2.90. The molecule has 0 atom stereocenters. The molecule has 38 heavy (non-hydrogen) atoms. The third kappa shape index (κ3) is 6.86. The number of rotatable bonds is 12. The smallest absolute Gasteiger partial charge is 0.227 e. The van der Waals surface area contributed by atoms with Crippen LogP contribution in [0.5, 0.6) is 5.75 Å². The predicted octanol–water partition coefficient (Wildman–Crippen LogP) is 4.78. The van der Waals surface area contributed by atoms with Crippen molar-refractivity contribution in [2.75, 3.05) is 69.7 Å². The summed E-state index contributed by atoms with van der Waals surface area (Å²) in [5.41, 5.74) is 10.5. The largest absolute Gasteiger partial charge is 0.494 e. The van der Waals surface area contributed by atoms with E-state index in [0.29, 0.717) is 39.9 Å². The van der Waals surface area contributed by atoms with Crippen LogP contribution in [0.2, 0.25) is 0 Å². The van der Waals surface area contributed by atoms with E-state index < -0.39 is 5.82 Å². The van der Waals surface area contributed by atoms with Gasteiger partial charge in [-0.25, -0.2) is 14.4 Å². The van der Waals surface area contributed by atoms with Crippen molar-refractivity contribution in [3.05, 3.63) is 72.8 Å². The second-order valence-corrected chi connectivity index (χ2v) is 8.89. The first kappa shape index (κ1) is 28.1. The summed E-state index contributed by atoms with van der Waals surface area (Å²) < 4.78 is 20.2. The molecular formula is C28H35FN8O. The number of aliphatic imine (C=N–C) groups is 1. The fourth-order valence-corrected chi connectivity index (χ4v) is 3.68. The van der Waals surface area contributed by atoms with Gasteiger partial charge in [0.05, 0.1) is 35.6 Å². The van der Waals surface area contributed by atoms with Gasteiger partial charge in [-0.1, -0.05) is 13.2 Å². The van der Waals surface area contributed by atoms with Gasteiger partial charge in [-0.05, 0) is 44.4 Å². The molecule has 2 aromatic carbocycles. The van der Waals surface area contributed by atoms with Crippen LogP contribution >= 0.6 is 0 Å². The Labute approximate surface area is 223 Å². The summed E-state index contributed by atoms with van der Waals surface area (Å²) in [4.78, 5) is 17.2. The standard InChI is InChI=1S/C28H35FN8O/c1-8-18(2)33-23-15-24(26(38-7)16-25(23)37(6)12-11-36(4)5)35-28-32-10-9-22(34-28)19-13-20(17-31-3)27(30)21(29)14-19/h8-10,13-17,33H,1-2,11-12,30H2,3-7H3,(H,32,34,35). The number of nitrogens with zero attached hydrogens (tertiary/aromatic N) is 5. The van der Waals surface area contributed by atoms with E-state index in [1.54, 1.807) is 38.6 Å². The van der Waals surface area contributed by atoms with Crippen molar-refractivity contribution < 1.29 is 9.13 Å². The Hall–Kier alpha value is -4.44. The predicted molar refractivity (Wildman–Crippen MR) is 156 cm³/mol. The summed E-state index contributed by atoms with van der Waals surface area (Å²) in [6.07, 6.45) is 4.76. The molecule has 1 aromatic heterocycles. The zero-order chi connectivity index (χ0) is 27.8. The van der Waals surface area contributed by atoms with Crippen LogP contribution in [0.3, 0.4) is 0 Å². The molecular weight excluding hydrogens is 483 g/mol. The number of methoxy groups -OCH3 is 1. The molecule has 3 aromatic rings. The van der Waals surface area contributed by atoms with Crippen molar-refractivity contribution in [1.29, 1.82) is 0 Å². The van der Waals surface area contributed by atoms with Gasteiger partial charge >= 0.3 is 0 Å². The zero-order valence-electron chi connectivity index (χ0n) is 22.5. The normalized spacial score (nSPS) is 11.0. The topological polar surface area (TPSA) is 104 Å². The van der Waals surface area contributed by atoms with Crippen LogP contribution < -0.4 is 26.0 Å². The highest BCUT2D eigenvalue weighted by Crippen LogP contribution is 2.38. The van der Waals surface area contributed by atoms with Gasteiger partial charge < -0.3 is 30.9 Å². The molecule has 0 aliphatic heterocycles. The number of nitrogen functional groups attached to an aromatic ring is 1. The van der Waals surface area contributed by atoms with Crippen LogP contribution in [0.1, 0.15) is 5.56 Å². The zero-order valence-corrected chi connectivity index (χ0v) is 22.5. The summed E-state index contributed by atoms with van der Waals surface area (Å²) in [7, 11) is 9.29. The number of ether oxygens (including phenoxy) is 1. The second kappa shape index (κ2) is 12.7. The second-order valence-electron chi connectivity index (χ2n) is 8.89. The molecule has 4 N–H and O–H groups in total. The molecule has 1 heterocycles. The van der Waals surface area contributed by atoms with Crippen molar-refractivity contribution in [1.82, 2.24) is 14.9 Å². The van der Waals surface area contributed by atoms with E-state index in [0.717, 1.165) is 24.5 Å². The van der Waals surface area contributed by atoms with Gasteiger partial charge in [-0.15, -0.1) is 0 Å². The number of anilines is 5. The Morgan fingerprint density at radius 3 is 2.61 bits per heavy atom. The molecule has 3 rings (SSSR count). The summed E-state index contributed by atoms with van der Waals surface area (Å²) in [6.45, 7) is 9.47. The SMILES string of the molecule is C=CC(=C)Nc1cc(Nc2nccc(-c3cc(F)c(N)c(C=NC)c3)n2)c(OC)cc1N(C)CCN(C)C. The van der Waals surface area contributed by atoms with Gasteiger partial charge in [0.2, 0.25) is 5.95 Å². The minimum Gasteiger partial charge on any atom is -0.494 e. The fraction of sp³-hybridized carbons (Fsp3) is 0.250. The van der Waals surface area contributed by atoms with Gasteiger partial charge in [0.25, 0.3) is 0 Å².